The molecule has 12 rings (SSSR count). The zero-order valence-electron chi connectivity index (χ0n) is 29.1. The van der Waals surface area contributed by atoms with Crippen molar-refractivity contribution in [3.63, 3.8) is 0 Å². The second kappa shape index (κ2) is 11.2. The van der Waals surface area contributed by atoms with Gasteiger partial charge in [0.15, 0.2) is 11.2 Å². The lowest BCUT2D eigenvalue weighted by Crippen LogP contribution is -1.92. The Labute approximate surface area is 310 Å². The van der Waals surface area contributed by atoms with Gasteiger partial charge in [0.25, 0.3) is 0 Å². The number of benzene rings is 10. The summed E-state index contributed by atoms with van der Waals surface area (Å²) < 4.78 is 13.1. The second-order valence-electron chi connectivity index (χ2n) is 14.3. The van der Waals surface area contributed by atoms with Crippen molar-refractivity contribution in [1.29, 1.82) is 0 Å². The van der Waals surface area contributed by atoms with Crippen molar-refractivity contribution < 1.29 is 8.83 Å². The van der Waals surface area contributed by atoms with Gasteiger partial charge in [0, 0.05) is 21.5 Å². The summed E-state index contributed by atoms with van der Waals surface area (Å²) in [5.41, 5.74) is 10.6. The molecule has 0 saturated carbocycles. The third kappa shape index (κ3) is 4.11. The second-order valence-corrected chi connectivity index (χ2v) is 14.3. The fraction of sp³-hybridized carbons (Fsp3) is 0. The molecule has 0 unspecified atom stereocenters. The van der Waals surface area contributed by atoms with Crippen LogP contribution < -0.4 is 0 Å². The standard InChI is InChI=1S/C52H30O2/c1-2-14-32-29-33(26-25-31(32)13-1)48-38-18-5-7-20-40(38)49(41-21-8-6-19-39(41)48)42-28-27-36(34-15-3-4-16-35(34)42)44-30-45-37-17-9-11-23-46(37)53-51(45)52-50(44)43-22-10-12-24-47(43)54-52/h1-30H. The molecule has 0 atom stereocenters. The molecule has 2 heteroatoms. The highest BCUT2D eigenvalue weighted by molar-refractivity contribution is 6.27. The van der Waals surface area contributed by atoms with Gasteiger partial charge in [0.05, 0.1) is 0 Å². The van der Waals surface area contributed by atoms with Gasteiger partial charge in [-0.15, -0.1) is 0 Å². The summed E-state index contributed by atoms with van der Waals surface area (Å²) in [5, 5.41) is 14.2. The van der Waals surface area contributed by atoms with Crippen molar-refractivity contribution in [2.45, 2.75) is 0 Å². The lowest BCUT2D eigenvalue weighted by Gasteiger charge is -2.20. The van der Waals surface area contributed by atoms with Gasteiger partial charge >= 0.3 is 0 Å². The van der Waals surface area contributed by atoms with Crippen LogP contribution in [-0.4, -0.2) is 0 Å². The van der Waals surface area contributed by atoms with Crippen LogP contribution in [0, 0.1) is 0 Å². The van der Waals surface area contributed by atoms with Crippen LogP contribution in [-0.2, 0) is 0 Å². The van der Waals surface area contributed by atoms with Gasteiger partial charge in [-0.25, -0.2) is 0 Å². The summed E-state index contributed by atoms with van der Waals surface area (Å²) in [6.07, 6.45) is 0. The van der Waals surface area contributed by atoms with E-state index in [9.17, 15) is 0 Å². The maximum absolute atomic E-state index is 6.64. The highest BCUT2D eigenvalue weighted by atomic mass is 16.4. The zero-order chi connectivity index (χ0) is 35.3. The van der Waals surface area contributed by atoms with Crippen LogP contribution >= 0.6 is 0 Å². The summed E-state index contributed by atoms with van der Waals surface area (Å²) in [6, 6.07) is 65.8. The van der Waals surface area contributed by atoms with Crippen molar-refractivity contribution in [2.24, 2.45) is 0 Å². The largest absolute Gasteiger partial charge is 0.452 e. The zero-order valence-corrected chi connectivity index (χ0v) is 29.1. The molecule has 0 saturated heterocycles. The van der Waals surface area contributed by atoms with E-state index in [1.54, 1.807) is 0 Å². The average Bonchev–Trinajstić information content (AvgIpc) is 3.81. The first-order chi connectivity index (χ1) is 26.8. The minimum Gasteiger partial charge on any atom is -0.452 e. The number of rotatable bonds is 3. The lowest BCUT2D eigenvalue weighted by molar-refractivity contribution is 0.633. The van der Waals surface area contributed by atoms with Crippen molar-refractivity contribution in [1.82, 2.24) is 0 Å². The molecule has 12 aromatic rings. The molecule has 54 heavy (non-hydrogen) atoms. The van der Waals surface area contributed by atoms with Gasteiger partial charge in [-0.1, -0.05) is 158 Å². The van der Waals surface area contributed by atoms with Crippen LogP contribution in [0.3, 0.4) is 0 Å². The Morgan fingerprint density at radius 1 is 0.278 bits per heavy atom. The van der Waals surface area contributed by atoms with Crippen molar-refractivity contribution in [3.05, 3.63) is 182 Å². The molecule has 2 nitrogen and oxygen atoms in total. The SMILES string of the molecule is c1ccc2cc(-c3c4ccccc4c(-c4ccc(-c5cc6c7ccccc7oc6c6oc7ccccc7c56)c5ccccc45)c4ccccc34)ccc2c1. The molecule has 0 bridgehead atoms. The van der Waals surface area contributed by atoms with Crippen molar-refractivity contribution in [3.8, 4) is 33.4 Å². The van der Waals surface area contributed by atoms with E-state index in [0.717, 1.165) is 49.4 Å². The molecule has 2 heterocycles. The van der Waals surface area contributed by atoms with Crippen LogP contribution in [0.4, 0.5) is 0 Å². The Morgan fingerprint density at radius 2 is 0.778 bits per heavy atom. The molecular formula is C52H30O2. The van der Waals surface area contributed by atoms with E-state index in [2.05, 4.69) is 158 Å². The van der Waals surface area contributed by atoms with Crippen LogP contribution in [0.15, 0.2) is 191 Å². The molecule has 0 N–H and O–H groups in total. The smallest absolute Gasteiger partial charge is 0.179 e. The fourth-order valence-corrected chi connectivity index (χ4v) is 9.11. The van der Waals surface area contributed by atoms with Gasteiger partial charge in [0.2, 0.25) is 0 Å². The van der Waals surface area contributed by atoms with Gasteiger partial charge in [-0.2, -0.15) is 0 Å². The Morgan fingerprint density at radius 3 is 1.48 bits per heavy atom. The third-order valence-corrected chi connectivity index (χ3v) is 11.4. The molecule has 250 valence electrons. The average molecular weight is 687 g/mol. The van der Waals surface area contributed by atoms with E-state index < -0.39 is 0 Å². The number of fused-ring (bicyclic) bond motifs is 11. The van der Waals surface area contributed by atoms with Crippen LogP contribution in [0.2, 0.25) is 0 Å². The number of hydrogen-bond acceptors (Lipinski definition) is 2. The Bertz CT molecular complexity index is 3450. The number of furan rings is 2. The van der Waals surface area contributed by atoms with Crippen molar-refractivity contribution >= 4 is 87.0 Å². The summed E-state index contributed by atoms with van der Waals surface area (Å²) in [4.78, 5) is 0. The molecule has 0 amide bonds. The third-order valence-electron chi connectivity index (χ3n) is 11.4. The lowest BCUT2D eigenvalue weighted by atomic mass is 9.83. The molecule has 2 aromatic heterocycles. The summed E-state index contributed by atoms with van der Waals surface area (Å²) in [7, 11) is 0. The molecule has 0 aliphatic rings. The van der Waals surface area contributed by atoms with Gasteiger partial charge in [-0.3, -0.25) is 0 Å². The normalized spacial score (nSPS) is 12.1. The Kier molecular flexibility index (Phi) is 6.09. The topological polar surface area (TPSA) is 26.3 Å². The molecule has 0 radical (unpaired) electrons. The molecule has 0 spiro atoms. The Balaban J connectivity index is 1.17. The molecule has 0 aliphatic heterocycles. The first kappa shape index (κ1) is 29.4. The van der Waals surface area contributed by atoms with Gasteiger partial charge in [0.1, 0.15) is 11.2 Å². The van der Waals surface area contributed by atoms with Gasteiger partial charge < -0.3 is 8.83 Å². The van der Waals surface area contributed by atoms with E-state index in [1.807, 2.05) is 24.3 Å². The predicted octanol–water partition coefficient (Wildman–Crippen LogP) is 15.1. The van der Waals surface area contributed by atoms with Crippen LogP contribution in [0.5, 0.6) is 0 Å². The Hall–Kier alpha value is -7.16. The quantitative estimate of drug-likeness (QED) is 0.173. The summed E-state index contributed by atoms with van der Waals surface area (Å²) in [6.45, 7) is 0. The molecule has 10 aromatic carbocycles. The minimum atomic E-state index is 0.786. The monoisotopic (exact) mass is 686 g/mol. The number of para-hydroxylation sites is 2. The van der Waals surface area contributed by atoms with Gasteiger partial charge in [-0.05, 0) is 101 Å². The van der Waals surface area contributed by atoms with Crippen molar-refractivity contribution in [2.75, 3.05) is 0 Å². The first-order valence-corrected chi connectivity index (χ1v) is 18.5. The molecular weight excluding hydrogens is 657 g/mol. The number of hydrogen-bond donors (Lipinski definition) is 0. The molecule has 0 fully saturated rings. The maximum Gasteiger partial charge on any atom is 0.179 e. The fourth-order valence-electron chi connectivity index (χ4n) is 9.11. The maximum atomic E-state index is 6.64. The summed E-state index contributed by atoms with van der Waals surface area (Å²) in [5.74, 6) is 0. The minimum absolute atomic E-state index is 0.786. The van der Waals surface area contributed by atoms with E-state index in [0.29, 0.717) is 0 Å². The first-order valence-electron chi connectivity index (χ1n) is 18.5. The predicted molar refractivity (Wildman–Crippen MR) is 227 cm³/mol. The van der Waals surface area contributed by atoms with E-state index in [-0.39, 0.29) is 0 Å². The van der Waals surface area contributed by atoms with E-state index >= 15 is 0 Å². The van der Waals surface area contributed by atoms with E-state index in [1.165, 1.54) is 70.9 Å². The summed E-state index contributed by atoms with van der Waals surface area (Å²) >= 11 is 0. The highest BCUT2D eigenvalue weighted by Crippen LogP contribution is 2.49. The van der Waals surface area contributed by atoms with E-state index in [4.69, 9.17) is 8.83 Å². The van der Waals surface area contributed by atoms with Crippen LogP contribution in [0.25, 0.3) is 120 Å². The molecule has 0 aliphatic carbocycles. The van der Waals surface area contributed by atoms with Crippen LogP contribution in [0.1, 0.15) is 0 Å². The highest BCUT2D eigenvalue weighted by Gasteiger charge is 2.23.